The fraction of sp³-hybridized carbons (Fsp3) is 0.600. The molecule has 0 bridgehead atoms. The minimum atomic E-state index is -0.705. The summed E-state index contributed by atoms with van der Waals surface area (Å²) in [5.74, 6) is 0.203. The second kappa shape index (κ2) is 6.87. The summed E-state index contributed by atoms with van der Waals surface area (Å²) in [6.45, 7) is 2.56. The molecule has 1 aliphatic rings. The first-order valence-electron chi connectivity index (χ1n) is 6.94. The fourth-order valence-corrected chi connectivity index (χ4v) is 2.63. The van der Waals surface area contributed by atoms with Crippen LogP contribution in [-0.4, -0.2) is 36.8 Å². The fourth-order valence-electron chi connectivity index (χ4n) is 2.63. The van der Waals surface area contributed by atoms with Crippen molar-refractivity contribution in [3.8, 4) is 5.75 Å². The van der Waals surface area contributed by atoms with E-state index in [2.05, 4.69) is 4.90 Å². The number of hydrogen-bond acceptors (Lipinski definition) is 3. The summed E-state index contributed by atoms with van der Waals surface area (Å²) in [4.78, 5) is 2.25. The van der Waals surface area contributed by atoms with Crippen LogP contribution in [0.3, 0.4) is 0 Å². The zero-order chi connectivity index (χ0) is 13.7. The zero-order valence-electron chi connectivity index (χ0n) is 11.4. The van der Waals surface area contributed by atoms with E-state index in [0.717, 1.165) is 13.1 Å². The maximum Gasteiger partial charge on any atom is 0.124 e. The summed E-state index contributed by atoms with van der Waals surface area (Å²) in [7, 11) is 1.54. The van der Waals surface area contributed by atoms with Crippen LogP contribution >= 0.6 is 0 Å². The topological polar surface area (TPSA) is 32.7 Å². The van der Waals surface area contributed by atoms with E-state index in [1.165, 1.54) is 44.9 Å². The summed E-state index contributed by atoms with van der Waals surface area (Å²) in [6.07, 6.45) is 4.16. The second-order valence-corrected chi connectivity index (χ2v) is 5.12. The number of likely N-dealkylation sites (tertiary alicyclic amines) is 1. The number of β-amino-alcohol motifs (C(OH)–C–C–N with tert-alkyl or cyclic N) is 1. The molecule has 2 rings (SSSR count). The third-order valence-electron chi connectivity index (χ3n) is 3.68. The van der Waals surface area contributed by atoms with Crippen LogP contribution in [0, 0.1) is 5.82 Å². The van der Waals surface area contributed by atoms with Gasteiger partial charge >= 0.3 is 0 Å². The van der Waals surface area contributed by atoms with Crippen molar-refractivity contribution in [3.05, 3.63) is 29.6 Å². The molecule has 1 atom stereocenters. The second-order valence-electron chi connectivity index (χ2n) is 5.12. The highest BCUT2D eigenvalue weighted by atomic mass is 19.1. The van der Waals surface area contributed by atoms with Gasteiger partial charge in [-0.2, -0.15) is 0 Å². The minimum Gasteiger partial charge on any atom is -0.496 e. The molecular formula is C15H22FNO2. The van der Waals surface area contributed by atoms with Crippen molar-refractivity contribution >= 4 is 0 Å². The van der Waals surface area contributed by atoms with E-state index in [-0.39, 0.29) is 5.82 Å². The molecule has 4 heteroatoms. The van der Waals surface area contributed by atoms with Gasteiger partial charge in [0.1, 0.15) is 11.6 Å². The molecule has 0 saturated carbocycles. The van der Waals surface area contributed by atoms with E-state index in [9.17, 15) is 9.50 Å². The molecule has 1 unspecified atom stereocenters. The van der Waals surface area contributed by atoms with Crippen LogP contribution in [0.2, 0.25) is 0 Å². The van der Waals surface area contributed by atoms with Crippen LogP contribution < -0.4 is 4.74 Å². The quantitative estimate of drug-likeness (QED) is 0.910. The minimum absolute atomic E-state index is 0.342. The lowest BCUT2D eigenvalue weighted by atomic mass is 10.1. The molecule has 19 heavy (non-hydrogen) atoms. The first kappa shape index (κ1) is 14.3. The first-order valence-corrected chi connectivity index (χ1v) is 6.94. The van der Waals surface area contributed by atoms with Gasteiger partial charge in [-0.25, -0.2) is 4.39 Å². The molecule has 1 fully saturated rings. The maximum absolute atomic E-state index is 13.3. The molecule has 0 aliphatic carbocycles. The lowest BCUT2D eigenvalue weighted by molar-refractivity contribution is 0.112. The van der Waals surface area contributed by atoms with E-state index < -0.39 is 6.10 Å². The Kier molecular flexibility index (Phi) is 5.16. The SMILES string of the molecule is COc1ccc(F)cc1C(O)CN1CCCCCC1. The number of methoxy groups -OCH3 is 1. The predicted molar refractivity (Wildman–Crippen MR) is 72.8 cm³/mol. The van der Waals surface area contributed by atoms with Gasteiger partial charge in [0.25, 0.3) is 0 Å². The van der Waals surface area contributed by atoms with Gasteiger partial charge in [-0.05, 0) is 44.1 Å². The normalized spacial score (nSPS) is 18.9. The number of halogens is 1. The van der Waals surface area contributed by atoms with Crippen LogP contribution in [0.25, 0.3) is 0 Å². The molecule has 0 radical (unpaired) electrons. The van der Waals surface area contributed by atoms with E-state index >= 15 is 0 Å². The number of nitrogens with zero attached hydrogens (tertiary/aromatic N) is 1. The van der Waals surface area contributed by atoms with Gasteiger partial charge in [0, 0.05) is 12.1 Å². The van der Waals surface area contributed by atoms with Gasteiger partial charge < -0.3 is 14.7 Å². The summed E-state index contributed by atoms with van der Waals surface area (Å²) in [6, 6.07) is 4.28. The molecule has 1 aliphatic heterocycles. The van der Waals surface area contributed by atoms with Gasteiger partial charge in [0.2, 0.25) is 0 Å². The smallest absolute Gasteiger partial charge is 0.124 e. The van der Waals surface area contributed by atoms with E-state index in [1.807, 2.05) is 0 Å². The zero-order valence-corrected chi connectivity index (χ0v) is 11.4. The summed E-state index contributed by atoms with van der Waals surface area (Å²) < 4.78 is 18.5. The predicted octanol–water partition coefficient (Wildman–Crippen LogP) is 2.74. The number of aliphatic hydroxyl groups excluding tert-OH is 1. The highest BCUT2D eigenvalue weighted by Crippen LogP contribution is 2.27. The van der Waals surface area contributed by atoms with Crippen molar-refractivity contribution in [1.82, 2.24) is 4.90 Å². The van der Waals surface area contributed by atoms with Gasteiger partial charge in [0.15, 0.2) is 0 Å². The monoisotopic (exact) mass is 267 g/mol. The Bertz CT molecular complexity index is 403. The lowest BCUT2D eigenvalue weighted by Crippen LogP contribution is -2.29. The molecular weight excluding hydrogens is 245 g/mol. The summed E-state index contributed by atoms with van der Waals surface area (Å²) in [5.41, 5.74) is 0.534. The first-order chi connectivity index (χ1) is 9.20. The molecule has 0 amide bonds. The van der Waals surface area contributed by atoms with E-state index in [1.54, 1.807) is 6.07 Å². The number of ether oxygens (including phenoxy) is 1. The van der Waals surface area contributed by atoms with Crippen LogP contribution in [0.4, 0.5) is 4.39 Å². The Balaban J connectivity index is 2.05. The van der Waals surface area contributed by atoms with Crippen molar-refractivity contribution in [2.24, 2.45) is 0 Å². The van der Waals surface area contributed by atoms with Crippen molar-refractivity contribution in [3.63, 3.8) is 0 Å². The summed E-state index contributed by atoms with van der Waals surface area (Å²) >= 11 is 0. The van der Waals surface area contributed by atoms with Crippen LogP contribution in [0.15, 0.2) is 18.2 Å². The van der Waals surface area contributed by atoms with E-state index in [0.29, 0.717) is 17.9 Å². The van der Waals surface area contributed by atoms with Crippen LogP contribution in [0.1, 0.15) is 37.4 Å². The third kappa shape index (κ3) is 3.91. The highest BCUT2D eigenvalue weighted by molar-refractivity contribution is 5.35. The number of rotatable bonds is 4. The van der Waals surface area contributed by atoms with Gasteiger partial charge in [-0.1, -0.05) is 12.8 Å². The molecule has 1 heterocycles. The van der Waals surface area contributed by atoms with Gasteiger partial charge in [-0.15, -0.1) is 0 Å². The van der Waals surface area contributed by atoms with Crippen molar-refractivity contribution < 1.29 is 14.2 Å². The van der Waals surface area contributed by atoms with Crippen LogP contribution in [-0.2, 0) is 0 Å². The molecule has 1 aromatic rings. The Labute approximate surface area is 114 Å². The lowest BCUT2D eigenvalue weighted by Gasteiger charge is -2.24. The largest absolute Gasteiger partial charge is 0.496 e. The number of aliphatic hydroxyl groups is 1. The number of hydrogen-bond donors (Lipinski definition) is 1. The maximum atomic E-state index is 13.3. The highest BCUT2D eigenvalue weighted by Gasteiger charge is 2.18. The standard InChI is InChI=1S/C15H22FNO2/c1-19-15-7-6-12(16)10-13(15)14(18)11-17-8-4-2-3-5-9-17/h6-7,10,14,18H,2-5,8-9,11H2,1H3. The molecule has 0 spiro atoms. The molecule has 0 aromatic heterocycles. The van der Waals surface area contributed by atoms with Gasteiger partial charge in [0.05, 0.1) is 13.2 Å². The van der Waals surface area contributed by atoms with Crippen LogP contribution in [0.5, 0.6) is 5.75 Å². The molecule has 1 N–H and O–H groups in total. The van der Waals surface area contributed by atoms with Crippen molar-refractivity contribution in [2.45, 2.75) is 31.8 Å². The summed E-state index contributed by atoms with van der Waals surface area (Å²) in [5, 5.41) is 10.3. The Morgan fingerprint density at radius 3 is 2.58 bits per heavy atom. The Morgan fingerprint density at radius 2 is 1.95 bits per heavy atom. The van der Waals surface area contributed by atoms with Gasteiger partial charge in [-0.3, -0.25) is 0 Å². The molecule has 3 nitrogen and oxygen atoms in total. The average Bonchev–Trinajstić information content (AvgIpc) is 2.67. The molecule has 1 aromatic carbocycles. The Hall–Kier alpha value is -1.13. The average molecular weight is 267 g/mol. The van der Waals surface area contributed by atoms with Crippen molar-refractivity contribution in [1.29, 1.82) is 0 Å². The third-order valence-corrected chi connectivity index (χ3v) is 3.68. The van der Waals surface area contributed by atoms with E-state index in [4.69, 9.17) is 4.74 Å². The molecule has 106 valence electrons. The Morgan fingerprint density at radius 1 is 1.26 bits per heavy atom. The number of benzene rings is 1. The molecule has 1 saturated heterocycles. The van der Waals surface area contributed by atoms with Crippen molar-refractivity contribution in [2.75, 3.05) is 26.7 Å².